The Morgan fingerprint density at radius 2 is 2.48 bits per heavy atom. The highest BCUT2D eigenvalue weighted by Crippen LogP contribution is 2.15. The van der Waals surface area contributed by atoms with E-state index in [9.17, 15) is 9.90 Å². The highest BCUT2D eigenvalue weighted by atomic mass is 32.1. The minimum atomic E-state index is -0.217. The summed E-state index contributed by atoms with van der Waals surface area (Å²) < 4.78 is 7.23. The second-order valence-electron chi connectivity index (χ2n) is 5.49. The number of aliphatic hydroxyl groups excluding tert-OH is 1. The van der Waals surface area contributed by atoms with Crippen molar-refractivity contribution in [3.8, 4) is 0 Å². The van der Waals surface area contributed by atoms with Gasteiger partial charge in [-0.3, -0.25) is 4.79 Å². The van der Waals surface area contributed by atoms with Crippen molar-refractivity contribution >= 4 is 17.2 Å². The van der Waals surface area contributed by atoms with E-state index < -0.39 is 0 Å². The predicted molar refractivity (Wildman–Crippen MR) is 85.1 cm³/mol. The first-order chi connectivity index (χ1) is 11.3. The van der Waals surface area contributed by atoms with Crippen LogP contribution in [0.4, 0.5) is 0 Å². The van der Waals surface area contributed by atoms with Gasteiger partial charge in [0.2, 0.25) is 0 Å². The normalized spacial score (nSPS) is 17.5. The van der Waals surface area contributed by atoms with Crippen LogP contribution in [0.3, 0.4) is 0 Å². The molecule has 0 spiro atoms. The highest BCUT2D eigenvalue weighted by Gasteiger charge is 2.21. The molecule has 1 N–H and O–H groups in total. The molecule has 0 saturated carbocycles. The molecule has 1 atom stereocenters. The van der Waals surface area contributed by atoms with E-state index in [1.165, 1.54) is 0 Å². The average Bonchev–Trinajstić information content (AvgIpc) is 3.29. The number of rotatable bonds is 7. The topological polar surface area (TPSA) is 80.5 Å². The van der Waals surface area contributed by atoms with Crippen molar-refractivity contribution in [1.82, 2.24) is 19.9 Å². The molecular weight excluding hydrogens is 316 g/mol. The van der Waals surface area contributed by atoms with E-state index in [1.54, 1.807) is 27.1 Å². The Kier molecular flexibility index (Phi) is 5.37. The summed E-state index contributed by atoms with van der Waals surface area (Å²) in [4.78, 5) is 15.2. The number of thiophene rings is 1. The van der Waals surface area contributed by atoms with E-state index in [1.807, 2.05) is 17.5 Å². The van der Waals surface area contributed by atoms with E-state index in [-0.39, 0.29) is 25.2 Å². The van der Waals surface area contributed by atoms with Crippen molar-refractivity contribution in [1.29, 1.82) is 0 Å². The van der Waals surface area contributed by atoms with Gasteiger partial charge in [-0.15, -0.1) is 16.4 Å². The zero-order valence-electron chi connectivity index (χ0n) is 12.8. The van der Waals surface area contributed by atoms with Gasteiger partial charge in [-0.25, -0.2) is 4.68 Å². The van der Waals surface area contributed by atoms with Crippen molar-refractivity contribution in [3.05, 3.63) is 34.3 Å². The van der Waals surface area contributed by atoms with Crippen molar-refractivity contribution in [2.24, 2.45) is 0 Å². The lowest BCUT2D eigenvalue weighted by atomic mass is 10.2. The highest BCUT2D eigenvalue weighted by molar-refractivity contribution is 7.09. The van der Waals surface area contributed by atoms with E-state index in [0.717, 1.165) is 24.3 Å². The number of carbonyl (C=O) groups excluding carboxylic acids is 1. The molecule has 7 nitrogen and oxygen atoms in total. The number of nitrogens with zero attached hydrogens (tertiary/aromatic N) is 4. The van der Waals surface area contributed by atoms with Gasteiger partial charge in [0.25, 0.3) is 5.91 Å². The van der Waals surface area contributed by atoms with Crippen LogP contribution in [0.25, 0.3) is 0 Å². The van der Waals surface area contributed by atoms with E-state index in [4.69, 9.17) is 4.74 Å². The fourth-order valence-electron chi connectivity index (χ4n) is 2.61. The third kappa shape index (κ3) is 4.15. The van der Waals surface area contributed by atoms with Crippen molar-refractivity contribution in [2.45, 2.75) is 32.0 Å². The van der Waals surface area contributed by atoms with Crippen molar-refractivity contribution in [2.75, 3.05) is 19.8 Å². The lowest BCUT2D eigenvalue weighted by Crippen LogP contribution is -2.33. The molecule has 0 aliphatic carbocycles. The van der Waals surface area contributed by atoms with Crippen LogP contribution in [0.2, 0.25) is 0 Å². The van der Waals surface area contributed by atoms with E-state index in [2.05, 4.69) is 10.3 Å². The maximum absolute atomic E-state index is 12.6. The van der Waals surface area contributed by atoms with Crippen molar-refractivity contribution in [3.63, 3.8) is 0 Å². The number of carbonyl (C=O) groups is 1. The molecule has 0 bridgehead atoms. The van der Waals surface area contributed by atoms with Gasteiger partial charge in [0.1, 0.15) is 0 Å². The summed E-state index contributed by atoms with van der Waals surface area (Å²) in [6, 6.07) is 3.91. The molecule has 124 valence electrons. The first kappa shape index (κ1) is 16.1. The van der Waals surface area contributed by atoms with E-state index >= 15 is 0 Å². The third-order valence-corrected chi connectivity index (χ3v) is 4.62. The van der Waals surface area contributed by atoms with Gasteiger partial charge in [-0.2, -0.15) is 0 Å². The van der Waals surface area contributed by atoms with Crippen LogP contribution < -0.4 is 0 Å². The fourth-order valence-corrected chi connectivity index (χ4v) is 3.33. The van der Waals surface area contributed by atoms with Crippen LogP contribution in [0, 0.1) is 0 Å². The third-order valence-electron chi connectivity index (χ3n) is 3.76. The Labute approximate surface area is 138 Å². The largest absolute Gasteiger partial charge is 0.395 e. The fraction of sp³-hybridized carbons (Fsp3) is 0.533. The summed E-state index contributed by atoms with van der Waals surface area (Å²) >= 11 is 1.58. The molecule has 2 aromatic rings. The molecule has 2 aromatic heterocycles. The molecule has 1 amide bonds. The maximum Gasteiger partial charge on any atom is 0.276 e. The minimum absolute atomic E-state index is 0.0822. The molecule has 8 heteroatoms. The zero-order valence-corrected chi connectivity index (χ0v) is 13.6. The molecule has 1 aliphatic heterocycles. The molecule has 1 unspecified atom stereocenters. The Hall–Kier alpha value is -1.77. The van der Waals surface area contributed by atoms with Crippen LogP contribution in [0.15, 0.2) is 23.7 Å². The Morgan fingerprint density at radius 3 is 3.17 bits per heavy atom. The second kappa shape index (κ2) is 7.67. The number of hydrogen-bond acceptors (Lipinski definition) is 6. The monoisotopic (exact) mass is 336 g/mol. The number of aliphatic hydroxyl groups is 1. The van der Waals surface area contributed by atoms with Crippen LogP contribution in [-0.4, -0.2) is 56.8 Å². The molecule has 1 aliphatic rings. The number of ether oxygens (including phenoxy) is 1. The molecule has 0 radical (unpaired) electrons. The molecule has 1 fully saturated rings. The first-order valence-corrected chi connectivity index (χ1v) is 8.58. The summed E-state index contributed by atoms with van der Waals surface area (Å²) in [6.07, 6.45) is 3.89. The summed E-state index contributed by atoms with van der Waals surface area (Å²) in [5.41, 5.74) is 0.299. The number of aromatic nitrogens is 3. The van der Waals surface area contributed by atoms with Crippen LogP contribution in [0.1, 0.15) is 28.2 Å². The van der Waals surface area contributed by atoms with Crippen LogP contribution in [0.5, 0.6) is 0 Å². The Morgan fingerprint density at radius 1 is 1.57 bits per heavy atom. The quantitative estimate of drug-likeness (QED) is 0.820. The number of hydrogen-bond donors (Lipinski definition) is 1. The van der Waals surface area contributed by atoms with Gasteiger partial charge in [-0.1, -0.05) is 11.3 Å². The van der Waals surface area contributed by atoms with Gasteiger partial charge in [0.05, 0.1) is 32.0 Å². The maximum atomic E-state index is 12.6. The molecule has 0 aromatic carbocycles. The SMILES string of the molecule is O=C(c1cn(CC2CCCO2)nn1)N(CCO)Cc1cccs1. The number of amides is 1. The van der Waals surface area contributed by atoms with Gasteiger partial charge >= 0.3 is 0 Å². The van der Waals surface area contributed by atoms with Crippen LogP contribution >= 0.6 is 11.3 Å². The first-order valence-electron chi connectivity index (χ1n) is 7.70. The minimum Gasteiger partial charge on any atom is -0.395 e. The zero-order chi connectivity index (χ0) is 16.1. The van der Waals surface area contributed by atoms with E-state index in [0.29, 0.717) is 18.8 Å². The summed E-state index contributed by atoms with van der Waals surface area (Å²) in [6.45, 7) is 2.06. The Balaban J connectivity index is 1.65. The average molecular weight is 336 g/mol. The lowest BCUT2D eigenvalue weighted by Gasteiger charge is -2.19. The molecule has 1 saturated heterocycles. The summed E-state index contributed by atoms with van der Waals surface area (Å²) in [7, 11) is 0. The molecule has 3 rings (SSSR count). The summed E-state index contributed by atoms with van der Waals surface area (Å²) in [5, 5.41) is 19.2. The smallest absolute Gasteiger partial charge is 0.276 e. The van der Waals surface area contributed by atoms with Gasteiger partial charge < -0.3 is 14.7 Å². The summed E-state index contributed by atoms with van der Waals surface area (Å²) in [5.74, 6) is -0.217. The standard InChI is InChI=1S/C15H20N4O3S/c20-6-5-18(10-13-4-2-8-23-13)15(21)14-11-19(17-16-14)9-12-3-1-7-22-12/h2,4,8,11-12,20H,1,3,5-7,9-10H2. The molecule has 3 heterocycles. The Bertz CT molecular complexity index is 622. The van der Waals surface area contributed by atoms with Crippen LogP contribution in [-0.2, 0) is 17.8 Å². The second-order valence-corrected chi connectivity index (χ2v) is 6.52. The van der Waals surface area contributed by atoms with Gasteiger partial charge in [-0.05, 0) is 24.3 Å². The molecule has 23 heavy (non-hydrogen) atoms. The predicted octanol–water partition coefficient (Wildman–Crippen LogP) is 1.15. The van der Waals surface area contributed by atoms with Gasteiger partial charge in [0, 0.05) is 18.0 Å². The lowest BCUT2D eigenvalue weighted by molar-refractivity contribution is 0.0703. The van der Waals surface area contributed by atoms with Gasteiger partial charge in [0.15, 0.2) is 5.69 Å². The molecular formula is C15H20N4O3S. The van der Waals surface area contributed by atoms with Crippen molar-refractivity contribution < 1.29 is 14.6 Å².